The van der Waals surface area contributed by atoms with Crippen molar-refractivity contribution in [1.82, 2.24) is 0 Å². The largest absolute Gasteiger partial charge is 0.513 e. The molecule has 0 aromatic heterocycles. The SMILES string of the molecule is CCOC(=O)Oc1cc(C)c(C[C@H](N)C(=O)N2CCCc3cc(OC)ccc32)c(Br)c1. The van der Waals surface area contributed by atoms with E-state index in [2.05, 4.69) is 15.9 Å². The van der Waals surface area contributed by atoms with E-state index in [-0.39, 0.29) is 12.5 Å². The summed E-state index contributed by atoms with van der Waals surface area (Å²) in [4.78, 5) is 26.5. The van der Waals surface area contributed by atoms with Crippen LogP contribution in [0.15, 0.2) is 34.8 Å². The van der Waals surface area contributed by atoms with Crippen LogP contribution in [0.25, 0.3) is 0 Å². The molecule has 0 fully saturated rings. The van der Waals surface area contributed by atoms with Crippen molar-refractivity contribution in [2.75, 3.05) is 25.2 Å². The number of hydrogen-bond donors (Lipinski definition) is 1. The maximum atomic E-state index is 13.2. The van der Waals surface area contributed by atoms with Gasteiger partial charge in [0, 0.05) is 16.7 Å². The third-order valence-electron chi connectivity index (χ3n) is 5.27. The molecule has 1 atom stereocenters. The second kappa shape index (κ2) is 10.2. The molecule has 0 unspecified atom stereocenters. The van der Waals surface area contributed by atoms with Crippen LogP contribution in [0.2, 0.25) is 0 Å². The lowest BCUT2D eigenvalue weighted by Gasteiger charge is -2.32. The van der Waals surface area contributed by atoms with E-state index in [1.165, 1.54) is 0 Å². The highest BCUT2D eigenvalue weighted by molar-refractivity contribution is 9.10. The normalized spacial score (nSPS) is 13.9. The van der Waals surface area contributed by atoms with Crippen molar-refractivity contribution < 1.29 is 23.8 Å². The van der Waals surface area contributed by atoms with Crippen LogP contribution in [-0.4, -0.2) is 38.4 Å². The molecule has 2 N–H and O–H groups in total. The van der Waals surface area contributed by atoms with Gasteiger partial charge in [0.05, 0.1) is 19.8 Å². The molecule has 1 aliphatic rings. The van der Waals surface area contributed by atoms with Crippen LogP contribution in [0.4, 0.5) is 10.5 Å². The number of amides is 1. The Balaban J connectivity index is 1.75. The topological polar surface area (TPSA) is 91.1 Å². The lowest BCUT2D eigenvalue weighted by molar-refractivity contribution is -0.119. The summed E-state index contributed by atoms with van der Waals surface area (Å²) in [6, 6.07) is 8.46. The molecule has 7 nitrogen and oxygen atoms in total. The maximum absolute atomic E-state index is 13.2. The zero-order valence-electron chi connectivity index (χ0n) is 17.9. The number of nitrogens with two attached hydrogens (primary N) is 1. The van der Waals surface area contributed by atoms with E-state index in [1.807, 2.05) is 25.1 Å². The highest BCUT2D eigenvalue weighted by Crippen LogP contribution is 2.32. The first-order chi connectivity index (χ1) is 14.8. The van der Waals surface area contributed by atoms with Gasteiger partial charge >= 0.3 is 6.16 Å². The third-order valence-corrected chi connectivity index (χ3v) is 5.98. The molecular formula is C23H27BrN2O5. The van der Waals surface area contributed by atoms with E-state index in [0.717, 1.165) is 45.4 Å². The molecule has 1 amide bonds. The van der Waals surface area contributed by atoms with E-state index in [1.54, 1.807) is 31.1 Å². The molecule has 166 valence electrons. The molecular weight excluding hydrogens is 464 g/mol. The summed E-state index contributed by atoms with van der Waals surface area (Å²) in [5.41, 5.74) is 10.1. The zero-order chi connectivity index (χ0) is 22.5. The number of methoxy groups -OCH3 is 1. The van der Waals surface area contributed by atoms with Crippen LogP contribution in [0.1, 0.15) is 30.0 Å². The summed E-state index contributed by atoms with van der Waals surface area (Å²) >= 11 is 3.52. The monoisotopic (exact) mass is 490 g/mol. The molecule has 0 radical (unpaired) electrons. The van der Waals surface area contributed by atoms with Gasteiger partial charge in [-0.2, -0.15) is 0 Å². The van der Waals surface area contributed by atoms with Crippen LogP contribution >= 0.6 is 15.9 Å². The minimum atomic E-state index is -0.756. The molecule has 0 saturated carbocycles. The summed E-state index contributed by atoms with van der Waals surface area (Å²) in [5.74, 6) is 1.02. The number of hydrogen-bond acceptors (Lipinski definition) is 6. The number of aryl methyl sites for hydroxylation is 2. The number of rotatable bonds is 6. The molecule has 1 aliphatic heterocycles. The summed E-state index contributed by atoms with van der Waals surface area (Å²) in [7, 11) is 1.63. The Morgan fingerprint density at radius 2 is 2.00 bits per heavy atom. The maximum Gasteiger partial charge on any atom is 0.513 e. The average molecular weight is 491 g/mol. The van der Waals surface area contributed by atoms with Gasteiger partial charge in [-0.25, -0.2) is 4.79 Å². The van der Waals surface area contributed by atoms with Crippen LogP contribution in [0.3, 0.4) is 0 Å². The smallest absolute Gasteiger partial charge is 0.497 e. The first-order valence-corrected chi connectivity index (χ1v) is 11.0. The van der Waals surface area contributed by atoms with Crippen molar-refractivity contribution in [3.8, 4) is 11.5 Å². The molecule has 2 aromatic carbocycles. The number of anilines is 1. The summed E-state index contributed by atoms with van der Waals surface area (Å²) in [5, 5.41) is 0. The Labute approximate surface area is 190 Å². The van der Waals surface area contributed by atoms with Crippen molar-refractivity contribution in [1.29, 1.82) is 0 Å². The van der Waals surface area contributed by atoms with E-state index in [4.69, 9.17) is 19.9 Å². The van der Waals surface area contributed by atoms with Crippen molar-refractivity contribution in [3.05, 3.63) is 51.5 Å². The summed E-state index contributed by atoms with van der Waals surface area (Å²) < 4.78 is 16.0. The van der Waals surface area contributed by atoms with E-state index >= 15 is 0 Å². The fourth-order valence-electron chi connectivity index (χ4n) is 3.74. The van der Waals surface area contributed by atoms with E-state index in [0.29, 0.717) is 18.7 Å². The quantitative estimate of drug-likeness (QED) is 0.482. The minimum absolute atomic E-state index is 0.121. The van der Waals surface area contributed by atoms with Gasteiger partial charge in [0.25, 0.3) is 0 Å². The molecule has 0 saturated heterocycles. The molecule has 2 aromatic rings. The standard InChI is InChI=1S/C23H27BrN2O5/c1-4-30-23(28)31-17-10-14(2)18(19(24)12-17)13-20(25)22(27)26-9-5-6-15-11-16(29-3)7-8-21(15)26/h7-8,10-12,20H,4-6,9,13,25H2,1-3H3/t20-/m0/s1. The van der Waals surface area contributed by atoms with Gasteiger partial charge in [0.1, 0.15) is 11.5 Å². The summed E-state index contributed by atoms with van der Waals surface area (Å²) in [6.45, 7) is 4.47. The van der Waals surface area contributed by atoms with Crippen molar-refractivity contribution in [2.24, 2.45) is 5.73 Å². The Bertz CT molecular complexity index is 955. The van der Waals surface area contributed by atoms with Gasteiger partial charge in [-0.1, -0.05) is 15.9 Å². The van der Waals surface area contributed by atoms with Gasteiger partial charge in [-0.3, -0.25) is 4.79 Å². The number of carbonyl (C=O) groups is 2. The molecule has 0 bridgehead atoms. The minimum Gasteiger partial charge on any atom is -0.497 e. The molecule has 31 heavy (non-hydrogen) atoms. The van der Waals surface area contributed by atoms with E-state index < -0.39 is 12.2 Å². The van der Waals surface area contributed by atoms with E-state index in [9.17, 15) is 9.59 Å². The second-order valence-electron chi connectivity index (χ2n) is 7.38. The number of benzene rings is 2. The third kappa shape index (κ3) is 5.37. The Morgan fingerprint density at radius 3 is 2.68 bits per heavy atom. The van der Waals surface area contributed by atoms with Crippen molar-refractivity contribution >= 4 is 33.7 Å². The highest BCUT2D eigenvalue weighted by atomic mass is 79.9. The van der Waals surface area contributed by atoms with Gasteiger partial charge in [-0.15, -0.1) is 0 Å². The number of carbonyl (C=O) groups excluding carboxylic acids is 2. The molecule has 0 spiro atoms. The molecule has 3 rings (SSSR count). The first kappa shape index (κ1) is 23.1. The Hall–Kier alpha value is -2.58. The predicted molar refractivity (Wildman–Crippen MR) is 122 cm³/mol. The fourth-order valence-corrected chi connectivity index (χ4v) is 4.44. The van der Waals surface area contributed by atoms with Gasteiger partial charge in [0.2, 0.25) is 5.91 Å². The van der Waals surface area contributed by atoms with Crippen LogP contribution < -0.4 is 20.1 Å². The number of halogens is 1. The van der Waals surface area contributed by atoms with Crippen LogP contribution in [0.5, 0.6) is 11.5 Å². The number of nitrogens with zero attached hydrogens (tertiary/aromatic N) is 1. The predicted octanol–water partition coefficient (Wildman–Crippen LogP) is 4.15. The molecule has 8 heteroatoms. The number of ether oxygens (including phenoxy) is 3. The van der Waals surface area contributed by atoms with Crippen molar-refractivity contribution in [3.63, 3.8) is 0 Å². The van der Waals surface area contributed by atoms with Gasteiger partial charge < -0.3 is 24.8 Å². The molecule has 0 aliphatic carbocycles. The molecule has 1 heterocycles. The highest BCUT2D eigenvalue weighted by Gasteiger charge is 2.28. The van der Waals surface area contributed by atoms with Crippen molar-refractivity contribution in [2.45, 2.75) is 39.2 Å². The zero-order valence-corrected chi connectivity index (χ0v) is 19.5. The summed E-state index contributed by atoms with van der Waals surface area (Å²) in [6.07, 6.45) is 1.38. The lowest BCUT2D eigenvalue weighted by atomic mass is 9.97. The first-order valence-electron chi connectivity index (χ1n) is 10.2. The Kier molecular flexibility index (Phi) is 7.56. The van der Waals surface area contributed by atoms with Gasteiger partial charge in [-0.05, 0) is 80.1 Å². The Morgan fingerprint density at radius 1 is 1.23 bits per heavy atom. The lowest BCUT2D eigenvalue weighted by Crippen LogP contribution is -2.47. The average Bonchev–Trinajstić information content (AvgIpc) is 2.74. The number of fused-ring (bicyclic) bond motifs is 1. The fraction of sp³-hybridized carbons (Fsp3) is 0.391. The van der Waals surface area contributed by atoms with Crippen LogP contribution in [0, 0.1) is 6.92 Å². The van der Waals surface area contributed by atoms with Gasteiger partial charge in [0.15, 0.2) is 0 Å². The second-order valence-corrected chi connectivity index (χ2v) is 8.24. The van der Waals surface area contributed by atoms with Crippen LogP contribution in [-0.2, 0) is 22.4 Å².